The van der Waals surface area contributed by atoms with Crippen LogP contribution in [0.2, 0.25) is 0 Å². The van der Waals surface area contributed by atoms with Crippen molar-refractivity contribution >= 4 is 16.0 Å². The standard InChI is InChI=1S/C15H22N2O.CHF3O3S/c1-5-13(17-14(18)6-2)11-9-7-8-10-12(11)15(3,4)16;2-1(3,4)8(5,6)7/h6-10,13H,2,5,16H2,1,3-4H3,(H,17,18);(H,5,6,7). The lowest BCUT2D eigenvalue weighted by Crippen LogP contribution is -2.33. The fourth-order valence-electron chi connectivity index (χ4n) is 2.02. The first-order valence-electron chi connectivity index (χ1n) is 7.50. The third kappa shape index (κ3) is 7.54. The number of alkyl halides is 3. The van der Waals surface area contributed by atoms with Crippen LogP contribution >= 0.6 is 0 Å². The van der Waals surface area contributed by atoms with Crippen LogP contribution < -0.4 is 11.1 Å². The number of carbonyl (C=O) groups excluding carboxylic acids is 1. The van der Waals surface area contributed by atoms with Gasteiger partial charge in [-0.3, -0.25) is 9.35 Å². The molecular formula is C16H23F3N2O4S. The van der Waals surface area contributed by atoms with Crippen molar-refractivity contribution in [2.24, 2.45) is 5.73 Å². The van der Waals surface area contributed by atoms with Gasteiger partial charge < -0.3 is 11.1 Å². The highest BCUT2D eigenvalue weighted by Crippen LogP contribution is 2.28. The minimum atomic E-state index is -5.84. The Morgan fingerprint density at radius 1 is 1.35 bits per heavy atom. The lowest BCUT2D eigenvalue weighted by atomic mass is 9.87. The van der Waals surface area contributed by atoms with Crippen molar-refractivity contribution in [2.75, 3.05) is 0 Å². The highest BCUT2D eigenvalue weighted by Gasteiger charge is 2.44. The third-order valence-corrected chi connectivity index (χ3v) is 3.82. The first-order valence-corrected chi connectivity index (χ1v) is 8.94. The molecule has 0 spiro atoms. The van der Waals surface area contributed by atoms with Gasteiger partial charge >= 0.3 is 15.6 Å². The van der Waals surface area contributed by atoms with E-state index in [9.17, 15) is 18.0 Å². The van der Waals surface area contributed by atoms with Crippen molar-refractivity contribution < 1.29 is 30.9 Å². The maximum atomic E-state index is 11.5. The summed E-state index contributed by atoms with van der Waals surface area (Å²) in [4.78, 5) is 11.5. The van der Waals surface area contributed by atoms with E-state index in [0.717, 1.165) is 17.5 Å². The van der Waals surface area contributed by atoms with Crippen molar-refractivity contribution in [3.8, 4) is 0 Å². The Bertz CT molecular complexity index is 726. The summed E-state index contributed by atoms with van der Waals surface area (Å²) in [6, 6.07) is 7.93. The van der Waals surface area contributed by atoms with Crippen LogP contribution in [-0.2, 0) is 20.5 Å². The number of hydrogen-bond acceptors (Lipinski definition) is 4. The van der Waals surface area contributed by atoms with Crippen LogP contribution in [0, 0.1) is 0 Å². The van der Waals surface area contributed by atoms with E-state index in [0.29, 0.717) is 0 Å². The van der Waals surface area contributed by atoms with Crippen LogP contribution in [0.4, 0.5) is 13.2 Å². The molecule has 0 saturated heterocycles. The molecule has 1 unspecified atom stereocenters. The first-order chi connectivity index (χ1) is 11.6. The average molecular weight is 396 g/mol. The zero-order valence-corrected chi connectivity index (χ0v) is 15.5. The molecule has 10 heteroatoms. The number of rotatable bonds is 5. The Balaban J connectivity index is 0.000000660. The van der Waals surface area contributed by atoms with Gasteiger partial charge in [0.1, 0.15) is 0 Å². The number of nitrogens with two attached hydrogens (primary N) is 1. The Morgan fingerprint density at radius 2 is 1.81 bits per heavy atom. The molecule has 0 aliphatic rings. The monoisotopic (exact) mass is 396 g/mol. The molecule has 1 amide bonds. The number of amides is 1. The maximum absolute atomic E-state index is 11.5. The second-order valence-electron chi connectivity index (χ2n) is 5.90. The van der Waals surface area contributed by atoms with Gasteiger partial charge in [0.25, 0.3) is 0 Å². The Morgan fingerprint density at radius 3 is 2.15 bits per heavy atom. The molecule has 1 aromatic rings. The van der Waals surface area contributed by atoms with Crippen molar-refractivity contribution in [3.05, 3.63) is 48.0 Å². The van der Waals surface area contributed by atoms with Crippen molar-refractivity contribution in [3.63, 3.8) is 0 Å². The molecule has 0 aliphatic heterocycles. The predicted molar refractivity (Wildman–Crippen MR) is 92.6 cm³/mol. The molecular weight excluding hydrogens is 373 g/mol. The van der Waals surface area contributed by atoms with E-state index < -0.39 is 21.2 Å². The molecule has 4 N–H and O–H groups in total. The van der Waals surface area contributed by atoms with E-state index in [1.165, 1.54) is 6.08 Å². The van der Waals surface area contributed by atoms with Gasteiger partial charge in [-0.25, -0.2) is 0 Å². The number of hydrogen-bond donors (Lipinski definition) is 3. The Hall–Kier alpha value is -1.91. The maximum Gasteiger partial charge on any atom is 0.522 e. The lowest BCUT2D eigenvalue weighted by molar-refractivity contribution is -0.117. The van der Waals surface area contributed by atoms with Crippen LogP contribution in [-0.4, -0.2) is 24.4 Å². The number of benzene rings is 1. The van der Waals surface area contributed by atoms with Gasteiger partial charge in [0.2, 0.25) is 5.91 Å². The molecule has 26 heavy (non-hydrogen) atoms. The minimum Gasteiger partial charge on any atom is -0.346 e. The molecule has 0 heterocycles. The van der Waals surface area contributed by atoms with Gasteiger partial charge in [-0.05, 0) is 37.5 Å². The quantitative estimate of drug-likeness (QED) is 0.403. The van der Waals surface area contributed by atoms with Crippen LogP contribution in [0.5, 0.6) is 0 Å². The highest BCUT2D eigenvalue weighted by molar-refractivity contribution is 7.86. The summed E-state index contributed by atoms with van der Waals surface area (Å²) in [7, 11) is -5.84. The van der Waals surface area contributed by atoms with Crippen LogP contribution in [0.3, 0.4) is 0 Å². The zero-order valence-electron chi connectivity index (χ0n) is 14.7. The summed E-state index contributed by atoms with van der Waals surface area (Å²) in [6.07, 6.45) is 2.10. The zero-order chi connectivity index (χ0) is 20.8. The molecule has 148 valence electrons. The number of nitrogens with one attached hydrogen (secondary N) is 1. The van der Waals surface area contributed by atoms with E-state index >= 15 is 0 Å². The normalized spacial score (nSPS) is 13.2. The van der Waals surface area contributed by atoms with E-state index in [1.54, 1.807) is 0 Å². The first kappa shape index (κ1) is 24.1. The molecule has 0 saturated carbocycles. The van der Waals surface area contributed by atoms with Gasteiger partial charge in [-0.2, -0.15) is 21.6 Å². The van der Waals surface area contributed by atoms with Gasteiger partial charge in [-0.1, -0.05) is 37.8 Å². The Labute approximate surface area is 151 Å². The summed E-state index contributed by atoms with van der Waals surface area (Å²) < 4.78 is 57.5. The third-order valence-electron chi connectivity index (χ3n) is 3.23. The molecule has 0 fully saturated rings. The molecule has 0 radical (unpaired) electrons. The van der Waals surface area contributed by atoms with E-state index in [-0.39, 0.29) is 11.9 Å². The molecule has 1 atom stereocenters. The fraction of sp³-hybridized carbons (Fsp3) is 0.438. The summed E-state index contributed by atoms with van der Waals surface area (Å²) in [5, 5.41) is 2.93. The summed E-state index contributed by atoms with van der Waals surface area (Å²) >= 11 is 0. The fourth-order valence-corrected chi connectivity index (χ4v) is 2.02. The second kappa shape index (κ2) is 9.15. The van der Waals surface area contributed by atoms with Gasteiger partial charge in [0, 0.05) is 5.54 Å². The van der Waals surface area contributed by atoms with Gasteiger partial charge in [0.05, 0.1) is 6.04 Å². The van der Waals surface area contributed by atoms with E-state index in [1.807, 2.05) is 45.0 Å². The summed E-state index contributed by atoms with van der Waals surface area (Å²) in [5.41, 5.74) is 2.35. The Kier molecular flexibility index (Phi) is 8.48. The lowest BCUT2D eigenvalue weighted by Gasteiger charge is -2.27. The van der Waals surface area contributed by atoms with Crippen LogP contribution in [0.25, 0.3) is 0 Å². The largest absolute Gasteiger partial charge is 0.522 e. The topological polar surface area (TPSA) is 109 Å². The van der Waals surface area contributed by atoms with E-state index in [4.69, 9.17) is 18.7 Å². The summed E-state index contributed by atoms with van der Waals surface area (Å²) in [5.74, 6) is -0.161. The second-order valence-corrected chi connectivity index (χ2v) is 7.32. The van der Waals surface area contributed by atoms with Crippen LogP contribution in [0.15, 0.2) is 36.9 Å². The molecule has 1 rings (SSSR count). The highest BCUT2D eigenvalue weighted by atomic mass is 32.2. The van der Waals surface area contributed by atoms with Crippen molar-refractivity contribution in [1.29, 1.82) is 0 Å². The van der Waals surface area contributed by atoms with E-state index in [2.05, 4.69) is 11.9 Å². The summed E-state index contributed by atoms with van der Waals surface area (Å²) in [6.45, 7) is 9.44. The average Bonchev–Trinajstić information content (AvgIpc) is 2.50. The molecule has 1 aromatic carbocycles. The predicted octanol–water partition coefficient (Wildman–Crippen LogP) is 3.03. The van der Waals surface area contributed by atoms with Crippen molar-refractivity contribution in [1.82, 2.24) is 5.32 Å². The molecule has 0 bridgehead atoms. The molecule has 0 aliphatic carbocycles. The van der Waals surface area contributed by atoms with Crippen LogP contribution in [0.1, 0.15) is 44.4 Å². The van der Waals surface area contributed by atoms with Gasteiger partial charge in [-0.15, -0.1) is 0 Å². The molecule has 6 nitrogen and oxygen atoms in total. The smallest absolute Gasteiger partial charge is 0.346 e. The number of carbonyl (C=O) groups is 1. The SMILES string of the molecule is C=CC(=O)NC(CC)c1ccccc1C(C)(C)N.O=S(=O)(O)C(F)(F)F. The minimum absolute atomic E-state index is 0.0328. The van der Waals surface area contributed by atoms with Crippen molar-refractivity contribution in [2.45, 2.75) is 44.3 Å². The number of halogens is 3. The molecule has 0 aromatic heterocycles. The van der Waals surface area contributed by atoms with Gasteiger partial charge in [0.15, 0.2) is 0 Å².